The predicted molar refractivity (Wildman–Crippen MR) is 117 cm³/mol. The van der Waals surface area contributed by atoms with Gasteiger partial charge >= 0.3 is 0 Å². The fraction of sp³-hybridized carbons (Fsp3) is 0.400. The Hall–Kier alpha value is -3.06. The van der Waals surface area contributed by atoms with E-state index in [2.05, 4.69) is 10.6 Å². The van der Waals surface area contributed by atoms with Crippen molar-refractivity contribution in [2.45, 2.75) is 45.8 Å². The third kappa shape index (κ3) is 2.64. The van der Waals surface area contributed by atoms with E-state index in [1.54, 1.807) is 12.1 Å². The summed E-state index contributed by atoms with van der Waals surface area (Å²) < 4.78 is 13.3. The van der Waals surface area contributed by atoms with E-state index in [1.807, 2.05) is 39.8 Å². The van der Waals surface area contributed by atoms with E-state index in [9.17, 15) is 18.8 Å². The molecule has 3 aliphatic heterocycles. The molecule has 166 valence electrons. The zero-order valence-electron chi connectivity index (χ0n) is 18.5. The molecular formula is C25H26FN3O3. The van der Waals surface area contributed by atoms with Gasteiger partial charge in [-0.15, -0.1) is 0 Å². The molecule has 2 unspecified atom stereocenters. The second kappa shape index (κ2) is 6.97. The number of carbonyl (C=O) groups is 3. The molecule has 0 bridgehead atoms. The summed E-state index contributed by atoms with van der Waals surface area (Å²) in [6.07, 6.45) is 0. The lowest BCUT2D eigenvalue weighted by atomic mass is 9.75. The minimum absolute atomic E-state index is 0.0350. The second-order valence-corrected chi connectivity index (χ2v) is 9.50. The predicted octanol–water partition coefficient (Wildman–Crippen LogP) is 3.02. The number of imide groups is 1. The van der Waals surface area contributed by atoms with Crippen molar-refractivity contribution in [3.63, 3.8) is 0 Å². The number of hydrogen-bond acceptors (Lipinski definition) is 4. The number of amides is 3. The van der Waals surface area contributed by atoms with Gasteiger partial charge in [-0.2, -0.15) is 0 Å². The summed E-state index contributed by atoms with van der Waals surface area (Å²) in [7, 11) is 0. The van der Waals surface area contributed by atoms with Crippen LogP contribution in [0.4, 0.5) is 10.1 Å². The molecule has 32 heavy (non-hydrogen) atoms. The number of hydrogen-bond donors (Lipinski definition) is 2. The van der Waals surface area contributed by atoms with Crippen LogP contribution in [0.3, 0.4) is 0 Å². The Morgan fingerprint density at radius 1 is 1.03 bits per heavy atom. The Morgan fingerprint density at radius 2 is 1.72 bits per heavy atom. The van der Waals surface area contributed by atoms with Crippen molar-refractivity contribution in [1.29, 1.82) is 0 Å². The van der Waals surface area contributed by atoms with Gasteiger partial charge < -0.3 is 5.32 Å². The number of rotatable bonds is 3. The van der Waals surface area contributed by atoms with Crippen molar-refractivity contribution in [3.8, 4) is 0 Å². The van der Waals surface area contributed by atoms with Crippen LogP contribution < -0.4 is 10.6 Å². The second-order valence-electron chi connectivity index (χ2n) is 9.50. The molecule has 2 N–H and O–H groups in total. The van der Waals surface area contributed by atoms with Crippen molar-refractivity contribution < 1.29 is 18.8 Å². The van der Waals surface area contributed by atoms with Crippen molar-refractivity contribution in [2.75, 3.05) is 5.32 Å². The minimum atomic E-state index is -1.28. The number of benzene rings is 2. The van der Waals surface area contributed by atoms with E-state index in [1.165, 1.54) is 17.0 Å². The van der Waals surface area contributed by atoms with Crippen LogP contribution in [0.25, 0.3) is 0 Å². The first-order chi connectivity index (χ1) is 15.2. The highest BCUT2D eigenvalue weighted by atomic mass is 19.1. The molecule has 0 radical (unpaired) electrons. The van der Waals surface area contributed by atoms with Crippen LogP contribution in [0, 0.1) is 37.4 Å². The molecule has 4 atom stereocenters. The Labute approximate surface area is 186 Å². The highest BCUT2D eigenvalue weighted by molar-refractivity contribution is 6.15. The largest absolute Gasteiger partial charge is 0.324 e. The Balaban J connectivity index is 1.62. The smallest absolute Gasteiger partial charge is 0.250 e. The van der Waals surface area contributed by atoms with E-state index in [-0.39, 0.29) is 42.0 Å². The summed E-state index contributed by atoms with van der Waals surface area (Å²) >= 11 is 0. The van der Waals surface area contributed by atoms with Crippen molar-refractivity contribution >= 4 is 23.4 Å². The molecule has 0 aromatic heterocycles. The van der Waals surface area contributed by atoms with E-state index >= 15 is 0 Å². The molecule has 2 fully saturated rings. The highest BCUT2D eigenvalue weighted by Crippen LogP contribution is 2.54. The third-order valence-electron chi connectivity index (χ3n) is 7.42. The van der Waals surface area contributed by atoms with Gasteiger partial charge in [0.1, 0.15) is 11.4 Å². The van der Waals surface area contributed by atoms with Gasteiger partial charge in [0.05, 0.1) is 18.4 Å². The Kier molecular flexibility index (Phi) is 4.53. The average Bonchev–Trinajstić information content (AvgIpc) is 3.34. The van der Waals surface area contributed by atoms with Crippen molar-refractivity contribution in [2.24, 2.45) is 17.8 Å². The maximum atomic E-state index is 13.7. The highest BCUT2D eigenvalue weighted by Gasteiger charge is 2.70. The topological polar surface area (TPSA) is 78.5 Å². The van der Waals surface area contributed by atoms with Gasteiger partial charge in [0, 0.05) is 17.3 Å². The van der Waals surface area contributed by atoms with Gasteiger partial charge in [-0.25, -0.2) is 4.39 Å². The first-order valence-corrected chi connectivity index (χ1v) is 11.0. The molecule has 3 amide bonds. The zero-order valence-corrected chi connectivity index (χ0v) is 18.5. The molecule has 2 aromatic carbocycles. The standard InChI is InChI=1S/C25H26FN3O3/c1-12(2)20-18-19(23(31)29(22(18)30)11-15-6-8-16(26)9-7-15)25(28-20)17-10-5-13(3)14(4)21(17)27-24(25)32/h5-10,12,18-20,28H,11H2,1-4H3,(H,27,32)/t18-,19-,20?,25?/m0/s1. The summed E-state index contributed by atoms with van der Waals surface area (Å²) in [5.74, 6) is -2.74. The lowest BCUT2D eigenvalue weighted by molar-refractivity contribution is -0.143. The van der Waals surface area contributed by atoms with Crippen LogP contribution >= 0.6 is 0 Å². The molecule has 3 heterocycles. The van der Waals surface area contributed by atoms with E-state index in [0.717, 1.165) is 22.4 Å². The minimum Gasteiger partial charge on any atom is -0.324 e. The lowest BCUT2D eigenvalue weighted by Crippen LogP contribution is -2.53. The molecule has 6 nitrogen and oxygen atoms in total. The summed E-state index contributed by atoms with van der Waals surface area (Å²) in [6, 6.07) is 9.28. The number of anilines is 1. The summed E-state index contributed by atoms with van der Waals surface area (Å²) in [5, 5.41) is 6.44. The van der Waals surface area contributed by atoms with Crippen LogP contribution in [0.2, 0.25) is 0 Å². The van der Waals surface area contributed by atoms with Gasteiger partial charge in [-0.05, 0) is 48.6 Å². The number of carbonyl (C=O) groups excluding carboxylic acids is 3. The summed E-state index contributed by atoms with van der Waals surface area (Å²) in [5.41, 5.74) is 2.84. The Morgan fingerprint density at radius 3 is 2.38 bits per heavy atom. The first kappa shape index (κ1) is 20.8. The van der Waals surface area contributed by atoms with Crippen LogP contribution in [0.15, 0.2) is 36.4 Å². The molecule has 5 rings (SSSR count). The molecule has 0 aliphatic carbocycles. The molecule has 7 heteroatoms. The van der Waals surface area contributed by atoms with Crippen LogP contribution in [0.1, 0.15) is 36.1 Å². The van der Waals surface area contributed by atoms with Crippen molar-refractivity contribution in [1.82, 2.24) is 10.2 Å². The number of nitrogens with one attached hydrogen (secondary N) is 2. The van der Waals surface area contributed by atoms with Gasteiger partial charge in [-0.1, -0.05) is 38.1 Å². The molecular weight excluding hydrogens is 409 g/mol. The normalized spacial score (nSPS) is 28.6. The maximum absolute atomic E-state index is 13.7. The average molecular weight is 435 g/mol. The molecule has 2 saturated heterocycles. The van der Waals surface area contributed by atoms with E-state index in [4.69, 9.17) is 0 Å². The van der Waals surface area contributed by atoms with Crippen molar-refractivity contribution in [3.05, 3.63) is 64.5 Å². The monoisotopic (exact) mass is 435 g/mol. The summed E-state index contributed by atoms with van der Waals surface area (Å²) in [4.78, 5) is 42.0. The number of aryl methyl sites for hydroxylation is 1. The van der Waals surface area contributed by atoms with Gasteiger partial charge in [-0.3, -0.25) is 24.6 Å². The number of nitrogens with zero attached hydrogens (tertiary/aromatic N) is 1. The van der Waals surface area contributed by atoms with Crippen LogP contribution in [-0.4, -0.2) is 28.7 Å². The number of fused-ring (bicyclic) bond motifs is 4. The third-order valence-corrected chi connectivity index (χ3v) is 7.42. The van der Waals surface area contributed by atoms with Gasteiger partial charge in [0.25, 0.3) is 0 Å². The SMILES string of the molecule is Cc1ccc2c(c1C)NC(=O)C21NC(C(C)C)[C@H]2C(=O)N(Cc3ccc(F)cc3)C(=O)[C@H]21. The Bertz CT molecular complexity index is 1160. The van der Waals surface area contributed by atoms with Gasteiger partial charge in [0.15, 0.2) is 0 Å². The van der Waals surface area contributed by atoms with E-state index < -0.39 is 17.4 Å². The first-order valence-electron chi connectivity index (χ1n) is 11.0. The molecule has 3 aliphatic rings. The van der Waals surface area contributed by atoms with E-state index in [0.29, 0.717) is 5.56 Å². The summed E-state index contributed by atoms with van der Waals surface area (Å²) in [6.45, 7) is 7.96. The molecule has 1 spiro atoms. The lowest BCUT2D eigenvalue weighted by Gasteiger charge is -2.30. The van der Waals surface area contributed by atoms with Crippen LogP contribution in [-0.2, 0) is 26.5 Å². The molecule has 2 aromatic rings. The molecule has 0 saturated carbocycles. The fourth-order valence-electron chi connectivity index (χ4n) is 5.61. The number of halogens is 1. The fourth-order valence-corrected chi connectivity index (χ4v) is 5.61. The maximum Gasteiger partial charge on any atom is 0.250 e. The van der Waals surface area contributed by atoms with Gasteiger partial charge in [0.2, 0.25) is 17.7 Å². The van der Waals surface area contributed by atoms with Crippen LogP contribution in [0.5, 0.6) is 0 Å². The zero-order chi connectivity index (χ0) is 22.9. The quantitative estimate of drug-likeness (QED) is 0.727. The number of likely N-dealkylation sites (tertiary alicyclic amines) is 1.